The van der Waals surface area contributed by atoms with Crippen molar-refractivity contribution in [3.05, 3.63) is 24.2 Å². The molecule has 19 heavy (non-hydrogen) atoms. The van der Waals surface area contributed by atoms with Gasteiger partial charge in [0.2, 0.25) is 0 Å². The summed E-state index contributed by atoms with van der Waals surface area (Å²) in [5.41, 5.74) is 2.13. The molecule has 0 saturated carbocycles. The van der Waals surface area contributed by atoms with Crippen LogP contribution in [0.25, 0.3) is 11.2 Å². The summed E-state index contributed by atoms with van der Waals surface area (Å²) in [7, 11) is 0. The van der Waals surface area contributed by atoms with E-state index in [-0.39, 0.29) is 11.6 Å². The van der Waals surface area contributed by atoms with Crippen molar-refractivity contribution in [3.8, 4) is 0 Å². The predicted molar refractivity (Wildman–Crippen MR) is 74.9 cm³/mol. The Labute approximate surface area is 113 Å². The summed E-state index contributed by atoms with van der Waals surface area (Å²) < 4.78 is 8.05. The van der Waals surface area contributed by atoms with Crippen molar-refractivity contribution >= 4 is 11.2 Å². The quantitative estimate of drug-likeness (QED) is 0.830. The van der Waals surface area contributed by atoms with Gasteiger partial charge in [-0.25, -0.2) is 9.97 Å². The van der Waals surface area contributed by atoms with Gasteiger partial charge in [0.05, 0.1) is 0 Å². The Bertz CT molecular complexity index is 577. The first-order valence-electron chi connectivity index (χ1n) is 6.98. The van der Waals surface area contributed by atoms with E-state index in [1.165, 1.54) is 0 Å². The van der Waals surface area contributed by atoms with Crippen LogP contribution in [-0.2, 0) is 11.2 Å². The lowest BCUT2D eigenvalue weighted by Crippen LogP contribution is -2.17. The van der Waals surface area contributed by atoms with Crippen molar-refractivity contribution in [1.29, 1.82) is 0 Å². The van der Waals surface area contributed by atoms with Crippen molar-refractivity contribution in [1.82, 2.24) is 14.5 Å². The van der Waals surface area contributed by atoms with Gasteiger partial charge in [-0.2, -0.15) is 0 Å². The monoisotopic (exact) mass is 259 g/mol. The second-order valence-electron chi connectivity index (χ2n) is 6.45. The molecule has 0 aromatic carbocycles. The highest BCUT2D eigenvalue weighted by atomic mass is 16.5. The third-order valence-electron chi connectivity index (χ3n) is 3.40. The summed E-state index contributed by atoms with van der Waals surface area (Å²) >= 11 is 0. The van der Waals surface area contributed by atoms with Crippen molar-refractivity contribution in [2.75, 3.05) is 6.61 Å². The van der Waals surface area contributed by atoms with Crippen molar-refractivity contribution < 1.29 is 4.74 Å². The molecule has 1 fully saturated rings. The molecule has 4 heteroatoms. The summed E-state index contributed by atoms with van der Waals surface area (Å²) in [6.45, 7) is 7.55. The fraction of sp³-hybridized carbons (Fsp3) is 0.600. The number of aromatic nitrogens is 3. The Morgan fingerprint density at radius 1 is 1.42 bits per heavy atom. The van der Waals surface area contributed by atoms with E-state index in [1.54, 1.807) is 0 Å². The molecule has 2 aromatic heterocycles. The van der Waals surface area contributed by atoms with Crippen molar-refractivity contribution in [2.45, 2.75) is 46.3 Å². The molecule has 0 aliphatic carbocycles. The Balaban J connectivity index is 2.11. The van der Waals surface area contributed by atoms with Crippen LogP contribution in [0.2, 0.25) is 0 Å². The molecule has 1 aliphatic rings. The van der Waals surface area contributed by atoms with Crippen LogP contribution in [0.3, 0.4) is 0 Å². The maximum atomic E-state index is 5.84. The van der Waals surface area contributed by atoms with Crippen molar-refractivity contribution in [2.24, 2.45) is 5.41 Å². The minimum atomic E-state index is 0.109. The third kappa shape index (κ3) is 2.50. The molecule has 0 N–H and O–H groups in total. The molecular weight excluding hydrogens is 238 g/mol. The predicted octanol–water partition coefficient (Wildman–Crippen LogP) is 3.33. The number of imidazole rings is 1. The summed E-state index contributed by atoms with van der Waals surface area (Å²) in [4.78, 5) is 9.26. The molecule has 2 aromatic rings. The van der Waals surface area contributed by atoms with E-state index in [1.807, 2.05) is 18.3 Å². The van der Waals surface area contributed by atoms with Crippen molar-refractivity contribution in [3.63, 3.8) is 0 Å². The lowest BCUT2D eigenvalue weighted by Gasteiger charge is -2.21. The maximum Gasteiger partial charge on any atom is 0.162 e. The molecule has 1 atom stereocenters. The Kier molecular flexibility index (Phi) is 3.05. The van der Waals surface area contributed by atoms with Gasteiger partial charge in [0, 0.05) is 19.2 Å². The minimum Gasteiger partial charge on any atom is -0.358 e. The molecule has 0 spiro atoms. The molecule has 1 aliphatic heterocycles. The molecule has 3 heterocycles. The smallest absolute Gasteiger partial charge is 0.162 e. The SMILES string of the molecule is CC(C)(C)Cc1nc2cccnc2n1C1CCCO1. The normalized spacial score (nSPS) is 20.3. The molecule has 0 amide bonds. The van der Waals surface area contributed by atoms with Gasteiger partial charge in [-0.1, -0.05) is 20.8 Å². The van der Waals surface area contributed by atoms with Gasteiger partial charge in [0.1, 0.15) is 17.6 Å². The Morgan fingerprint density at radius 2 is 2.26 bits per heavy atom. The van der Waals surface area contributed by atoms with Gasteiger partial charge in [0.15, 0.2) is 5.65 Å². The first-order valence-corrected chi connectivity index (χ1v) is 6.98. The highest BCUT2D eigenvalue weighted by Crippen LogP contribution is 2.31. The molecule has 0 bridgehead atoms. The summed E-state index contributed by atoms with van der Waals surface area (Å²) in [6, 6.07) is 3.97. The van der Waals surface area contributed by atoms with Gasteiger partial charge >= 0.3 is 0 Å². The highest BCUT2D eigenvalue weighted by molar-refractivity contribution is 5.71. The van der Waals surface area contributed by atoms with Crippen LogP contribution in [0.4, 0.5) is 0 Å². The third-order valence-corrected chi connectivity index (χ3v) is 3.40. The van der Waals surface area contributed by atoms with Gasteiger partial charge in [-0.15, -0.1) is 0 Å². The van der Waals surface area contributed by atoms with E-state index in [4.69, 9.17) is 9.72 Å². The summed E-state index contributed by atoms with van der Waals surface area (Å²) in [5, 5.41) is 0. The topological polar surface area (TPSA) is 39.9 Å². The average molecular weight is 259 g/mol. The number of hydrogen-bond donors (Lipinski definition) is 0. The molecule has 0 radical (unpaired) electrons. The Hall–Kier alpha value is -1.42. The van der Waals surface area contributed by atoms with Gasteiger partial charge in [0.25, 0.3) is 0 Å². The zero-order chi connectivity index (χ0) is 13.5. The maximum absolute atomic E-state index is 5.84. The standard InChI is InChI=1S/C15H21N3O/c1-15(2,3)10-12-17-11-6-4-8-16-14(11)18(12)13-7-5-9-19-13/h4,6,8,13H,5,7,9-10H2,1-3H3. The van der Waals surface area contributed by atoms with Gasteiger partial charge in [-0.3, -0.25) is 4.57 Å². The summed E-state index contributed by atoms with van der Waals surface area (Å²) in [5.74, 6) is 1.09. The van der Waals surface area contributed by atoms with Crippen LogP contribution in [0, 0.1) is 5.41 Å². The average Bonchev–Trinajstić information content (AvgIpc) is 2.92. The molecule has 102 valence electrons. The zero-order valence-electron chi connectivity index (χ0n) is 11.9. The fourth-order valence-corrected chi connectivity index (χ4v) is 2.64. The van der Waals surface area contributed by atoms with Crippen LogP contribution in [-0.4, -0.2) is 21.1 Å². The first-order chi connectivity index (χ1) is 9.04. The fourth-order valence-electron chi connectivity index (χ4n) is 2.64. The minimum absolute atomic E-state index is 0.109. The van der Waals surface area contributed by atoms with E-state index >= 15 is 0 Å². The van der Waals surface area contributed by atoms with Gasteiger partial charge < -0.3 is 4.74 Å². The number of nitrogens with zero attached hydrogens (tertiary/aromatic N) is 3. The van der Waals surface area contributed by atoms with Crippen LogP contribution in [0.1, 0.15) is 45.7 Å². The molecule has 3 rings (SSSR count). The van der Waals surface area contributed by atoms with Crippen LogP contribution < -0.4 is 0 Å². The number of fused-ring (bicyclic) bond motifs is 1. The molecular formula is C15H21N3O. The number of pyridine rings is 1. The van der Waals surface area contributed by atoms with E-state index in [0.29, 0.717) is 0 Å². The van der Waals surface area contributed by atoms with Gasteiger partial charge in [-0.05, 0) is 30.4 Å². The number of hydrogen-bond acceptors (Lipinski definition) is 3. The van der Waals surface area contributed by atoms with Crippen LogP contribution in [0.5, 0.6) is 0 Å². The van der Waals surface area contributed by atoms with E-state index < -0.39 is 0 Å². The number of ether oxygens (including phenoxy) is 1. The first kappa shape index (κ1) is 12.6. The van der Waals surface area contributed by atoms with Crippen LogP contribution >= 0.6 is 0 Å². The van der Waals surface area contributed by atoms with Crippen LogP contribution in [0.15, 0.2) is 18.3 Å². The number of rotatable bonds is 2. The van der Waals surface area contributed by atoms with E-state index in [2.05, 4.69) is 30.3 Å². The zero-order valence-corrected chi connectivity index (χ0v) is 11.9. The largest absolute Gasteiger partial charge is 0.358 e. The van der Waals surface area contributed by atoms with E-state index in [9.17, 15) is 0 Å². The molecule has 4 nitrogen and oxygen atoms in total. The van der Waals surface area contributed by atoms with E-state index in [0.717, 1.165) is 42.9 Å². The lowest BCUT2D eigenvalue weighted by molar-refractivity contribution is 0.0562. The Morgan fingerprint density at radius 3 is 2.95 bits per heavy atom. The second-order valence-corrected chi connectivity index (χ2v) is 6.45. The molecule has 1 saturated heterocycles. The summed E-state index contributed by atoms with van der Waals surface area (Å²) in [6.07, 6.45) is 5.04. The highest BCUT2D eigenvalue weighted by Gasteiger charge is 2.26. The second kappa shape index (κ2) is 4.60. The lowest BCUT2D eigenvalue weighted by atomic mass is 9.92. The molecule has 1 unspecified atom stereocenters.